The molecule has 1 fully saturated rings. The van der Waals surface area contributed by atoms with Crippen LogP contribution in [0.25, 0.3) is 0 Å². The fourth-order valence-electron chi connectivity index (χ4n) is 3.26. The summed E-state index contributed by atoms with van der Waals surface area (Å²) in [6, 6.07) is 5.15. The van der Waals surface area contributed by atoms with Gasteiger partial charge in [0.05, 0.1) is 26.5 Å². The number of urea groups is 1. The summed E-state index contributed by atoms with van der Waals surface area (Å²) in [5, 5.41) is 2.91. The molecule has 0 bridgehead atoms. The zero-order valence-corrected chi connectivity index (χ0v) is 17.2. The zero-order valence-electron chi connectivity index (χ0n) is 17.2. The molecule has 1 aliphatic heterocycles. The molecule has 1 atom stereocenters. The van der Waals surface area contributed by atoms with Crippen LogP contribution >= 0.6 is 0 Å². The van der Waals surface area contributed by atoms with Gasteiger partial charge in [0.2, 0.25) is 0 Å². The lowest BCUT2D eigenvalue weighted by Gasteiger charge is -2.33. The van der Waals surface area contributed by atoms with E-state index in [0.717, 1.165) is 12.8 Å². The molecular weight excluding hydrogens is 374 g/mol. The van der Waals surface area contributed by atoms with Crippen molar-refractivity contribution in [3.05, 3.63) is 30.6 Å². The molecule has 2 amide bonds. The lowest BCUT2D eigenvalue weighted by molar-refractivity contribution is 0.103. The molecule has 9 nitrogen and oxygen atoms in total. The van der Waals surface area contributed by atoms with Crippen LogP contribution in [0.5, 0.6) is 17.4 Å². The third kappa shape index (κ3) is 4.79. The number of nitrogens with zero attached hydrogens (tertiary/aromatic N) is 4. The number of hydrogen-bond acceptors (Lipinski definition) is 7. The maximum Gasteiger partial charge on any atom is 0.322 e. The number of methoxy groups -OCH3 is 2. The van der Waals surface area contributed by atoms with Gasteiger partial charge in [-0.05, 0) is 25.0 Å². The Morgan fingerprint density at radius 2 is 2.00 bits per heavy atom. The van der Waals surface area contributed by atoms with Gasteiger partial charge in [0, 0.05) is 33.0 Å². The van der Waals surface area contributed by atoms with Crippen LogP contribution in [0.4, 0.5) is 16.3 Å². The minimum atomic E-state index is -0.211. The molecule has 2 aromatic rings. The Hall–Kier alpha value is -3.23. The summed E-state index contributed by atoms with van der Waals surface area (Å²) in [6.45, 7) is 1.11. The first-order chi connectivity index (χ1) is 14.0. The van der Waals surface area contributed by atoms with E-state index in [-0.39, 0.29) is 12.1 Å². The minimum Gasteiger partial charge on any atom is -0.493 e. The molecule has 0 spiro atoms. The first-order valence-corrected chi connectivity index (χ1v) is 9.45. The summed E-state index contributed by atoms with van der Waals surface area (Å²) in [5.41, 5.74) is 0.559. The normalized spacial score (nSPS) is 16.1. The third-order valence-corrected chi connectivity index (χ3v) is 4.66. The van der Waals surface area contributed by atoms with E-state index in [2.05, 4.69) is 15.3 Å². The van der Waals surface area contributed by atoms with Crippen LogP contribution in [0.2, 0.25) is 0 Å². The molecule has 1 aromatic heterocycles. The predicted octanol–water partition coefficient (Wildman–Crippen LogP) is 2.64. The fourth-order valence-corrected chi connectivity index (χ4v) is 3.26. The number of rotatable bonds is 6. The summed E-state index contributed by atoms with van der Waals surface area (Å²) in [5.74, 6) is 2.18. The number of ether oxygens (including phenoxy) is 3. The number of para-hydroxylation sites is 1. The summed E-state index contributed by atoms with van der Waals surface area (Å²) >= 11 is 0. The zero-order chi connectivity index (χ0) is 20.8. The first kappa shape index (κ1) is 20.5. The average molecular weight is 401 g/mol. The number of nitrogens with one attached hydrogen (secondary N) is 1. The van der Waals surface area contributed by atoms with Gasteiger partial charge in [0.1, 0.15) is 6.10 Å². The van der Waals surface area contributed by atoms with Gasteiger partial charge in [-0.1, -0.05) is 6.07 Å². The third-order valence-electron chi connectivity index (χ3n) is 4.66. The topological polar surface area (TPSA) is 89.0 Å². The van der Waals surface area contributed by atoms with Gasteiger partial charge in [0.25, 0.3) is 5.88 Å². The Morgan fingerprint density at radius 1 is 1.21 bits per heavy atom. The molecule has 1 aromatic carbocycles. The highest BCUT2D eigenvalue weighted by molar-refractivity contribution is 5.91. The van der Waals surface area contributed by atoms with Crippen molar-refractivity contribution >= 4 is 17.5 Å². The lowest BCUT2D eigenvalue weighted by atomic mass is 10.1. The van der Waals surface area contributed by atoms with E-state index in [1.807, 2.05) is 19.0 Å². The number of piperidine rings is 1. The van der Waals surface area contributed by atoms with Crippen molar-refractivity contribution in [1.29, 1.82) is 0 Å². The number of amides is 2. The van der Waals surface area contributed by atoms with Crippen molar-refractivity contribution in [2.45, 2.75) is 18.9 Å². The van der Waals surface area contributed by atoms with Crippen LogP contribution in [0, 0.1) is 0 Å². The molecule has 156 valence electrons. The summed E-state index contributed by atoms with van der Waals surface area (Å²) in [4.78, 5) is 25.0. The molecule has 0 aliphatic carbocycles. The fraction of sp³-hybridized carbons (Fsp3) is 0.450. The molecule has 0 saturated carbocycles. The van der Waals surface area contributed by atoms with Crippen molar-refractivity contribution in [2.75, 3.05) is 51.6 Å². The molecule has 9 heteroatoms. The van der Waals surface area contributed by atoms with E-state index in [1.165, 1.54) is 0 Å². The van der Waals surface area contributed by atoms with E-state index in [0.29, 0.717) is 42.0 Å². The number of carbonyl (C=O) groups is 1. The van der Waals surface area contributed by atoms with E-state index < -0.39 is 0 Å². The van der Waals surface area contributed by atoms with Crippen LogP contribution in [0.15, 0.2) is 30.6 Å². The van der Waals surface area contributed by atoms with E-state index in [4.69, 9.17) is 14.2 Å². The molecule has 2 heterocycles. The Bertz CT molecular complexity index is 845. The Kier molecular flexibility index (Phi) is 6.58. The van der Waals surface area contributed by atoms with Gasteiger partial charge in [-0.2, -0.15) is 0 Å². The quantitative estimate of drug-likeness (QED) is 0.796. The van der Waals surface area contributed by atoms with Crippen LogP contribution in [-0.2, 0) is 0 Å². The largest absolute Gasteiger partial charge is 0.493 e. The number of hydrogen-bond donors (Lipinski definition) is 1. The van der Waals surface area contributed by atoms with Crippen LogP contribution < -0.4 is 24.4 Å². The average Bonchev–Trinajstić information content (AvgIpc) is 2.74. The highest BCUT2D eigenvalue weighted by Crippen LogP contribution is 2.35. The second-order valence-corrected chi connectivity index (χ2v) is 6.88. The van der Waals surface area contributed by atoms with E-state index in [9.17, 15) is 4.79 Å². The van der Waals surface area contributed by atoms with E-state index in [1.54, 1.807) is 49.7 Å². The van der Waals surface area contributed by atoms with Gasteiger partial charge < -0.3 is 29.3 Å². The van der Waals surface area contributed by atoms with Crippen molar-refractivity contribution < 1.29 is 19.0 Å². The highest BCUT2D eigenvalue weighted by Gasteiger charge is 2.27. The maximum absolute atomic E-state index is 12.8. The minimum absolute atomic E-state index is 0.155. The molecule has 1 unspecified atom stereocenters. The first-order valence-electron chi connectivity index (χ1n) is 9.45. The summed E-state index contributed by atoms with van der Waals surface area (Å²) in [6.07, 6.45) is 4.76. The molecule has 3 rings (SSSR count). The van der Waals surface area contributed by atoms with Crippen LogP contribution in [0.1, 0.15) is 12.8 Å². The maximum atomic E-state index is 12.8. The number of likely N-dealkylation sites (tertiary alicyclic amines) is 1. The van der Waals surface area contributed by atoms with Gasteiger partial charge >= 0.3 is 6.03 Å². The van der Waals surface area contributed by atoms with E-state index >= 15 is 0 Å². The van der Waals surface area contributed by atoms with Crippen molar-refractivity contribution in [3.63, 3.8) is 0 Å². The van der Waals surface area contributed by atoms with Crippen molar-refractivity contribution in [3.8, 4) is 17.4 Å². The number of benzene rings is 1. The summed E-state index contributed by atoms with van der Waals surface area (Å²) in [7, 11) is 6.88. The number of carbonyl (C=O) groups excluding carboxylic acids is 1. The predicted molar refractivity (Wildman–Crippen MR) is 110 cm³/mol. The monoisotopic (exact) mass is 401 g/mol. The Balaban J connectivity index is 1.68. The van der Waals surface area contributed by atoms with Crippen molar-refractivity contribution in [1.82, 2.24) is 14.9 Å². The lowest BCUT2D eigenvalue weighted by Crippen LogP contribution is -2.46. The second-order valence-electron chi connectivity index (χ2n) is 6.88. The number of anilines is 2. The summed E-state index contributed by atoms with van der Waals surface area (Å²) < 4.78 is 16.8. The SMILES string of the molecule is COc1cccc(NC(=O)N2CCCC(Oc3nccnc3N(C)C)C2)c1OC. The van der Waals surface area contributed by atoms with Crippen molar-refractivity contribution in [2.24, 2.45) is 0 Å². The Morgan fingerprint density at radius 3 is 2.72 bits per heavy atom. The van der Waals surface area contributed by atoms with Crippen LogP contribution in [-0.4, -0.2) is 68.4 Å². The standard InChI is InChI=1S/C20H27N5O4/c1-24(2)18-19(22-11-10-21-18)29-14-7-6-12-25(13-14)20(26)23-15-8-5-9-16(27-3)17(15)28-4/h5,8-11,14H,6-7,12-13H2,1-4H3,(H,23,26). The highest BCUT2D eigenvalue weighted by atomic mass is 16.5. The second kappa shape index (κ2) is 9.31. The Labute approximate surface area is 170 Å². The molecule has 0 radical (unpaired) electrons. The van der Waals surface area contributed by atoms with Gasteiger partial charge in [-0.15, -0.1) is 0 Å². The number of aromatic nitrogens is 2. The van der Waals surface area contributed by atoms with Gasteiger partial charge in [0.15, 0.2) is 17.3 Å². The molecule has 29 heavy (non-hydrogen) atoms. The molecular formula is C20H27N5O4. The molecule has 1 saturated heterocycles. The molecule has 1 N–H and O–H groups in total. The van der Waals surface area contributed by atoms with Crippen LogP contribution in [0.3, 0.4) is 0 Å². The van der Waals surface area contributed by atoms with Gasteiger partial charge in [-0.3, -0.25) is 0 Å². The molecule has 1 aliphatic rings. The smallest absolute Gasteiger partial charge is 0.322 e. The van der Waals surface area contributed by atoms with Gasteiger partial charge in [-0.25, -0.2) is 14.8 Å².